The number of likely N-dealkylation sites (tertiary alicyclic amines) is 1. The lowest BCUT2D eigenvalue weighted by atomic mass is 10.1. The third-order valence-corrected chi connectivity index (χ3v) is 5.96. The predicted molar refractivity (Wildman–Crippen MR) is 130 cm³/mol. The topological polar surface area (TPSA) is 75.2 Å². The Hall–Kier alpha value is -3.77. The number of fused-ring (bicyclic) bond motifs is 1. The standard InChI is InChI=1S/C26H21ClN4O2/c27-18-8-11-22-20(15-18)21(16-24(30-22)23-5-1-2-12-28-23)25(32)29-19-9-6-17(7-10-19)26(33)31-13-3-4-14-31/h1-2,5-12,15-16H,3-4,13-14H2,(H,29,32). The molecule has 0 atom stereocenters. The number of benzene rings is 2. The smallest absolute Gasteiger partial charge is 0.256 e. The Kier molecular flexibility index (Phi) is 5.75. The minimum Gasteiger partial charge on any atom is -0.339 e. The maximum atomic E-state index is 13.3. The lowest BCUT2D eigenvalue weighted by molar-refractivity contribution is 0.0792. The fourth-order valence-corrected chi connectivity index (χ4v) is 4.20. The molecule has 2 amide bonds. The Morgan fingerprint density at radius 1 is 0.909 bits per heavy atom. The van der Waals surface area contributed by atoms with Crippen molar-refractivity contribution in [2.45, 2.75) is 12.8 Å². The molecule has 4 aromatic rings. The molecule has 33 heavy (non-hydrogen) atoms. The highest BCUT2D eigenvalue weighted by molar-refractivity contribution is 6.31. The van der Waals surface area contributed by atoms with E-state index in [1.807, 2.05) is 23.1 Å². The summed E-state index contributed by atoms with van der Waals surface area (Å²) >= 11 is 6.21. The summed E-state index contributed by atoms with van der Waals surface area (Å²) in [5.74, 6) is -0.263. The Labute approximate surface area is 196 Å². The number of hydrogen-bond acceptors (Lipinski definition) is 4. The number of nitrogens with zero attached hydrogens (tertiary/aromatic N) is 3. The Bertz CT molecular complexity index is 1330. The van der Waals surface area contributed by atoms with Crippen LogP contribution in [0.2, 0.25) is 5.02 Å². The average Bonchev–Trinajstić information content (AvgIpc) is 3.39. The molecule has 3 heterocycles. The molecule has 0 aliphatic carbocycles. The third-order valence-electron chi connectivity index (χ3n) is 5.73. The summed E-state index contributed by atoms with van der Waals surface area (Å²) in [6, 6.07) is 19.5. The van der Waals surface area contributed by atoms with Gasteiger partial charge in [0.1, 0.15) is 0 Å². The van der Waals surface area contributed by atoms with Gasteiger partial charge in [0.2, 0.25) is 0 Å². The van der Waals surface area contributed by atoms with Crippen LogP contribution in [0.25, 0.3) is 22.3 Å². The average molecular weight is 457 g/mol. The normalized spacial score (nSPS) is 13.3. The van der Waals surface area contributed by atoms with Gasteiger partial charge in [0, 0.05) is 40.9 Å². The second-order valence-corrected chi connectivity index (χ2v) is 8.40. The van der Waals surface area contributed by atoms with E-state index >= 15 is 0 Å². The zero-order chi connectivity index (χ0) is 22.8. The zero-order valence-corrected chi connectivity index (χ0v) is 18.5. The van der Waals surface area contributed by atoms with Crippen LogP contribution in [-0.4, -0.2) is 39.8 Å². The summed E-state index contributed by atoms with van der Waals surface area (Å²) in [5.41, 5.74) is 3.59. The van der Waals surface area contributed by atoms with Gasteiger partial charge in [0.15, 0.2) is 0 Å². The first-order valence-corrected chi connectivity index (χ1v) is 11.2. The van der Waals surface area contributed by atoms with E-state index in [0.29, 0.717) is 44.1 Å². The molecule has 1 N–H and O–H groups in total. The molecule has 0 radical (unpaired) electrons. The van der Waals surface area contributed by atoms with E-state index in [0.717, 1.165) is 25.9 Å². The Morgan fingerprint density at radius 3 is 2.42 bits per heavy atom. The first kappa shape index (κ1) is 21.1. The fourth-order valence-electron chi connectivity index (χ4n) is 4.03. The van der Waals surface area contributed by atoms with Gasteiger partial charge < -0.3 is 10.2 Å². The number of carbonyl (C=O) groups is 2. The summed E-state index contributed by atoms with van der Waals surface area (Å²) < 4.78 is 0. The number of halogens is 1. The molecule has 0 spiro atoms. The van der Waals surface area contributed by atoms with Gasteiger partial charge in [-0.1, -0.05) is 17.7 Å². The van der Waals surface area contributed by atoms with Crippen molar-refractivity contribution in [1.82, 2.24) is 14.9 Å². The second kappa shape index (κ2) is 9.00. The molecule has 1 saturated heterocycles. The highest BCUT2D eigenvalue weighted by atomic mass is 35.5. The molecule has 6 nitrogen and oxygen atoms in total. The fraction of sp³-hybridized carbons (Fsp3) is 0.154. The predicted octanol–water partition coefficient (Wildman–Crippen LogP) is 5.44. The van der Waals surface area contributed by atoms with Crippen molar-refractivity contribution in [1.29, 1.82) is 0 Å². The number of aromatic nitrogens is 2. The summed E-state index contributed by atoms with van der Waals surface area (Å²) in [4.78, 5) is 36.7. The number of carbonyl (C=O) groups excluding carboxylic acids is 2. The van der Waals surface area contributed by atoms with E-state index in [9.17, 15) is 9.59 Å². The van der Waals surface area contributed by atoms with Crippen LogP contribution in [0.1, 0.15) is 33.6 Å². The molecule has 0 bridgehead atoms. The van der Waals surface area contributed by atoms with Crippen molar-refractivity contribution in [3.05, 3.63) is 89.1 Å². The lowest BCUT2D eigenvalue weighted by Crippen LogP contribution is -2.27. The summed E-state index contributed by atoms with van der Waals surface area (Å²) in [6.07, 6.45) is 3.78. The summed E-state index contributed by atoms with van der Waals surface area (Å²) in [7, 11) is 0. The summed E-state index contributed by atoms with van der Waals surface area (Å²) in [5, 5.41) is 4.10. The maximum absolute atomic E-state index is 13.3. The van der Waals surface area contributed by atoms with Crippen molar-refractivity contribution in [2.24, 2.45) is 0 Å². The van der Waals surface area contributed by atoms with Crippen LogP contribution in [-0.2, 0) is 0 Å². The Morgan fingerprint density at radius 2 is 1.70 bits per heavy atom. The van der Waals surface area contributed by atoms with Gasteiger partial charge >= 0.3 is 0 Å². The minimum atomic E-state index is -0.291. The molecular weight excluding hydrogens is 436 g/mol. The molecule has 5 rings (SSSR count). The maximum Gasteiger partial charge on any atom is 0.256 e. The third kappa shape index (κ3) is 4.43. The number of pyridine rings is 2. The molecule has 164 valence electrons. The van der Waals surface area contributed by atoms with E-state index in [1.165, 1.54) is 0 Å². The van der Waals surface area contributed by atoms with Gasteiger partial charge in [-0.15, -0.1) is 0 Å². The first-order chi connectivity index (χ1) is 16.1. The molecule has 2 aromatic heterocycles. The van der Waals surface area contributed by atoms with Gasteiger partial charge in [-0.3, -0.25) is 14.6 Å². The second-order valence-electron chi connectivity index (χ2n) is 7.96. The van der Waals surface area contributed by atoms with Crippen LogP contribution in [0.15, 0.2) is 72.9 Å². The van der Waals surface area contributed by atoms with Crippen LogP contribution in [0.5, 0.6) is 0 Å². The highest BCUT2D eigenvalue weighted by Gasteiger charge is 2.20. The van der Waals surface area contributed by atoms with Gasteiger partial charge in [0.25, 0.3) is 11.8 Å². The molecule has 1 fully saturated rings. The van der Waals surface area contributed by atoms with Crippen LogP contribution in [0.3, 0.4) is 0 Å². The van der Waals surface area contributed by atoms with Crippen molar-refractivity contribution < 1.29 is 9.59 Å². The van der Waals surface area contributed by atoms with E-state index in [4.69, 9.17) is 11.6 Å². The van der Waals surface area contributed by atoms with Crippen LogP contribution in [0, 0.1) is 0 Å². The molecule has 0 unspecified atom stereocenters. The molecular formula is C26H21ClN4O2. The number of amides is 2. The largest absolute Gasteiger partial charge is 0.339 e. The number of nitrogens with one attached hydrogen (secondary N) is 1. The monoisotopic (exact) mass is 456 g/mol. The molecule has 1 aliphatic rings. The molecule has 7 heteroatoms. The number of rotatable bonds is 4. The van der Waals surface area contributed by atoms with E-state index in [-0.39, 0.29) is 11.8 Å². The SMILES string of the molecule is O=C(Nc1ccc(C(=O)N2CCCC2)cc1)c1cc(-c2ccccn2)nc2ccc(Cl)cc12. The molecule has 1 aliphatic heterocycles. The van der Waals surface area contributed by atoms with Gasteiger partial charge in [-0.05, 0) is 73.5 Å². The highest BCUT2D eigenvalue weighted by Crippen LogP contribution is 2.27. The van der Waals surface area contributed by atoms with Crippen LogP contribution >= 0.6 is 11.6 Å². The quantitative estimate of drug-likeness (QED) is 0.443. The van der Waals surface area contributed by atoms with Crippen molar-refractivity contribution >= 4 is 40.0 Å². The van der Waals surface area contributed by atoms with Crippen LogP contribution < -0.4 is 5.32 Å². The van der Waals surface area contributed by atoms with E-state index in [2.05, 4.69) is 15.3 Å². The van der Waals surface area contributed by atoms with Gasteiger partial charge in [-0.2, -0.15) is 0 Å². The van der Waals surface area contributed by atoms with E-state index < -0.39 is 0 Å². The first-order valence-electron chi connectivity index (χ1n) is 10.8. The molecule has 0 saturated carbocycles. The Balaban J connectivity index is 1.45. The lowest BCUT2D eigenvalue weighted by Gasteiger charge is -2.15. The van der Waals surface area contributed by atoms with E-state index in [1.54, 1.807) is 54.7 Å². The number of hydrogen-bond donors (Lipinski definition) is 1. The summed E-state index contributed by atoms with van der Waals surface area (Å²) in [6.45, 7) is 1.60. The van der Waals surface area contributed by atoms with Gasteiger partial charge in [0.05, 0.1) is 22.5 Å². The van der Waals surface area contributed by atoms with Crippen LogP contribution in [0.4, 0.5) is 5.69 Å². The number of anilines is 1. The van der Waals surface area contributed by atoms with Gasteiger partial charge in [-0.25, -0.2) is 4.98 Å². The molecule has 2 aromatic carbocycles. The van der Waals surface area contributed by atoms with Crippen molar-refractivity contribution in [3.63, 3.8) is 0 Å². The minimum absolute atomic E-state index is 0.0279. The van der Waals surface area contributed by atoms with Crippen molar-refractivity contribution in [2.75, 3.05) is 18.4 Å². The zero-order valence-electron chi connectivity index (χ0n) is 17.8. The van der Waals surface area contributed by atoms with Crippen molar-refractivity contribution in [3.8, 4) is 11.4 Å².